The van der Waals surface area contributed by atoms with Gasteiger partial charge in [0.25, 0.3) is 0 Å². The van der Waals surface area contributed by atoms with Gasteiger partial charge in [0.2, 0.25) is 0 Å². The highest BCUT2D eigenvalue weighted by Gasteiger charge is 2.10. The molecule has 0 radical (unpaired) electrons. The Morgan fingerprint density at radius 2 is 2.00 bits per heavy atom. The number of rotatable bonds is 6. The van der Waals surface area contributed by atoms with E-state index in [1.165, 1.54) is 6.26 Å². The Hall–Kier alpha value is -2.19. The van der Waals surface area contributed by atoms with Crippen LogP contribution in [0.1, 0.15) is 19.4 Å². The first kappa shape index (κ1) is 19.6. The molecule has 2 aromatic carbocycles. The van der Waals surface area contributed by atoms with Crippen molar-refractivity contribution in [1.29, 1.82) is 4.78 Å². The zero-order valence-electron chi connectivity index (χ0n) is 15.4. The summed E-state index contributed by atoms with van der Waals surface area (Å²) in [7, 11) is -2.72. The first-order valence-electron chi connectivity index (χ1n) is 8.51. The van der Waals surface area contributed by atoms with Gasteiger partial charge in [-0.25, -0.2) is 19.0 Å². The van der Waals surface area contributed by atoms with Gasteiger partial charge in [0.15, 0.2) is 0 Å². The summed E-state index contributed by atoms with van der Waals surface area (Å²) >= 11 is 3.62. The molecule has 0 aliphatic rings. The fraction of sp³-hybridized carbons (Fsp3) is 0.263. The molecule has 0 bridgehead atoms. The third-order valence-corrected chi connectivity index (χ3v) is 5.79. The average molecular weight is 448 g/mol. The molecule has 0 spiro atoms. The minimum atomic E-state index is -2.72. The molecule has 1 heterocycles. The summed E-state index contributed by atoms with van der Waals surface area (Å²) in [5.74, 6) is 0.808. The Balaban J connectivity index is 1.87. The fourth-order valence-electron chi connectivity index (χ4n) is 2.70. The standard InChI is InChI=1S/C19H22BrN5OS/c1-12(2)25-19-15-8-16(20)18(9-17(15)23-11-24-19)22-10-13-5-4-6-14(7-13)27(3,21)26/h4-9,11-12,21-22H,10H2,1-3H3,(H,23,24,25). The van der Waals surface area contributed by atoms with Crippen molar-refractivity contribution in [2.24, 2.45) is 0 Å². The SMILES string of the molecule is CC(C)Nc1ncnc2cc(NCc3cccc(S(C)(=N)=O)c3)c(Br)cc12. The molecule has 0 saturated heterocycles. The summed E-state index contributed by atoms with van der Waals surface area (Å²) in [4.78, 5) is 9.25. The normalized spacial score (nSPS) is 13.5. The van der Waals surface area contributed by atoms with Crippen LogP contribution in [0.3, 0.4) is 0 Å². The lowest BCUT2D eigenvalue weighted by Crippen LogP contribution is -2.11. The molecule has 1 unspecified atom stereocenters. The van der Waals surface area contributed by atoms with Crippen LogP contribution >= 0.6 is 15.9 Å². The number of anilines is 2. The van der Waals surface area contributed by atoms with Gasteiger partial charge in [-0.1, -0.05) is 12.1 Å². The van der Waals surface area contributed by atoms with Crippen molar-refractivity contribution in [3.05, 3.63) is 52.8 Å². The lowest BCUT2D eigenvalue weighted by molar-refractivity contribution is 0.679. The van der Waals surface area contributed by atoms with Crippen molar-refractivity contribution in [3.8, 4) is 0 Å². The summed E-state index contributed by atoms with van der Waals surface area (Å²) in [6.45, 7) is 4.69. The summed E-state index contributed by atoms with van der Waals surface area (Å²) in [6.07, 6.45) is 2.99. The van der Waals surface area contributed by atoms with Gasteiger partial charge in [-0.05, 0) is 59.6 Å². The Kier molecular flexibility index (Phi) is 5.67. The molecule has 3 rings (SSSR count). The molecular weight excluding hydrogens is 426 g/mol. The van der Waals surface area contributed by atoms with Crippen molar-refractivity contribution in [2.45, 2.75) is 31.3 Å². The van der Waals surface area contributed by atoms with Gasteiger partial charge in [-0.15, -0.1) is 0 Å². The molecule has 1 atom stereocenters. The number of hydrogen-bond acceptors (Lipinski definition) is 6. The number of aromatic nitrogens is 2. The molecule has 0 fully saturated rings. The van der Waals surface area contributed by atoms with E-state index in [0.717, 1.165) is 32.4 Å². The second kappa shape index (κ2) is 7.82. The Labute approximate surface area is 167 Å². The summed E-state index contributed by atoms with van der Waals surface area (Å²) in [6, 6.07) is 11.6. The maximum atomic E-state index is 11.9. The first-order chi connectivity index (χ1) is 12.7. The Morgan fingerprint density at radius 3 is 2.70 bits per heavy atom. The largest absolute Gasteiger partial charge is 0.380 e. The lowest BCUT2D eigenvalue weighted by Gasteiger charge is -2.14. The maximum Gasteiger partial charge on any atom is 0.137 e. The highest BCUT2D eigenvalue weighted by molar-refractivity contribution is 9.10. The number of nitrogens with one attached hydrogen (secondary N) is 3. The van der Waals surface area contributed by atoms with E-state index in [9.17, 15) is 4.21 Å². The van der Waals surface area contributed by atoms with E-state index in [-0.39, 0.29) is 6.04 Å². The van der Waals surface area contributed by atoms with Crippen molar-refractivity contribution < 1.29 is 4.21 Å². The zero-order valence-corrected chi connectivity index (χ0v) is 17.8. The van der Waals surface area contributed by atoms with Gasteiger partial charge in [-0.2, -0.15) is 0 Å². The summed E-state index contributed by atoms with van der Waals surface area (Å²) in [5.41, 5.74) is 2.71. The van der Waals surface area contributed by atoms with Gasteiger partial charge in [0.05, 0.1) is 20.9 Å². The monoisotopic (exact) mass is 447 g/mol. The van der Waals surface area contributed by atoms with E-state index in [0.29, 0.717) is 11.4 Å². The maximum absolute atomic E-state index is 11.9. The van der Waals surface area contributed by atoms with Gasteiger partial charge >= 0.3 is 0 Å². The van der Waals surface area contributed by atoms with Crippen LogP contribution in [0.4, 0.5) is 11.5 Å². The molecule has 8 heteroatoms. The molecule has 3 aromatic rings. The van der Waals surface area contributed by atoms with Crippen LogP contribution in [-0.4, -0.2) is 26.5 Å². The van der Waals surface area contributed by atoms with Gasteiger partial charge in [-0.3, -0.25) is 0 Å². The summed E-state index contributed by atoms with van der Waals surface area (Å²) in [5, 5.41) is 7.66. The highest BCUT2D eigenvalue weighted by Crippen LogP contribution is 2.31. The number of fused-ring (bicyclic) bond motifs is 1. The third-order valence-electron chi connectivity index (χ3n) is 3.98. The van der Waals surface area contributed by atoms with Crippen LogP contribution in [0, 0.1) is 4.78 Å². The number of nitrogens with zero attached hydrogens (tertiary/aromatic N) is 2. The highest BCUT2D eigenvalue weighted by atomic mass is 79.9. The van der Waals surface area contributed by atoms with Crippen molar-refractivity contribution in [2.75, 3.05) is 16.9 Å². The third kappa shape index (κ3) is 4.75. The predicted octanol–water partition coefficient (Wildman–Crippen LogP) is 4.86. The van der Waals surface area contributed by atoms with Crippen molar-refractivity contribution in [1.82, 2.24) is 9.97 Å². The van der Waals surface area contributed by atoms with E-state index in [1.807, 2.05) is 30.3 Å². The zero-order chi connectivity index (χ0) is 19.6. The van der Waals surface area contributed by atoms with E-state index in [1.54, 1.807) is 12.4 Å². The van der Waals surface area contributed by atoms with Crippen molar-refractivity contribution in [3.63, 3.8) is 0 Å². The second-order valence-corrected chi connectivity index (χ2v) is 9.73. The van der Waals surface area contributed by atoms with Crippen LogP contribution < -0.4 is 10.6 Å². The van der Waals surface area contributed by atoms with E-state index in [2.05, 4.69) is 50.4 Å². The van der Waals surface area contributed by atoms with E-state index in [4.69, 9.17) is 4.78 Å². The molecule has 3 N–H and O–H groups in total. The molecule has 0 aliphatic carbocycles. The molecule has 0 amide bonds. The Bertz CT molecular complexity index is 1080. The van der Waals surface area contributed by atoms with Gasteiger partial charge < -0.3 is 10.6 Å². The smallest absolute Gasteiger partial charge is 0.137 e. The second-order valence-electron chi connectivity index (χ2n) is 6.72. The van der Waals surface area contributed by atoms with Crippen molar-refractivity contribution >= 4 is 48.1 Å². The molecule has 27 heavy (non-hydrogen) atoms. The number of benzene rings is 2. The van der Waals surface area contributed by atoms with Gasteiger partial charge in [0.1, 0.15) is 12.1 Å². The number of halogens is 1. The molecule has 1 aromatic heterocycles. The van der Waals surface area contributed by atoms with Crippen LogP contribution in [-0.2, 0) is 16.3 Å². The minimum Gasteiger partial charge on any atom is -0.380 e. The molecule has 142 valence electrons. The van der Waals surface area contributed by atoms with E-state index >= 15 is 0 Å². The fourth-order valence-corrected chi connectivity index (χ4v) is 3.89. The first-order valence-corrected chi connectivity index (χ1v) is 11.3. The van der Waals surface area contributed by atoms with Crippen LogP contribution in [0.25, 0.3) is 10.9 Å². The molecular formula is C19H22BrN5OS. The lowest BCUT2D eigenvalue weighted by atomic mass is 10.2. The predicted molar refractivity (Wildman–Crippen MR) is 115 cm³/mol. The Morgan fingerprint density at radius 1 is 1.22 bits per heavy atom. The van der Waals surface area contributed by atoms with E-state index < -0.39 is 9.73 Å². The molecule has 0 aliphatic heterocycles. The van der Waals surface area contributed by atoms with Crippen LogP contribution in [0.15, 0.2) is 52.1 Å². The average Bonchev–Trinajstić information content (AvgIpc) is 2.60. The van der Waals surface area contributed by atoms with Crippen LogP contribution in [0.5, 0.6) is 0 Å². The summed E-state index contributed by atoms with van der Waals surface area (Å²) < 4.78 is 20.6. The van der Waals surface area contributed by atoms with Gasteiger partial charge in [0, 0.05) is 33.6 Å². The number of hydrogen-bond donors (Lipinski definition) is 3. The minimum absolute atomic E-state index is 0.276. The quantitative estimate of drug-likeness (QED) is 0.501. The molecule has 6 nitrogen and oxygen atoms in total. The van der Waals surface area contributed by atoms with Crippen LogP contribution in [0.2, 0.25) is 0 Å². The topological polar surface area (TPSA) is 90.8 Å². The molecule has 0 saturated carbocycles.